The molecule has 0 atom stereocenters. The Hall–Kier alpha value is -3.45. The number of aliphatic hydroxyl groups excluding tert-OH is 1. The van der Waals surface area contributed by atoms with Gasteiger partial charge in [-0.2, -0.15) is 0 Å². The average molecular weight is 417 g/mol. The standard InChI is InChI=1S/C24H20FN3O3/c1-13-8-21(31-27-13)28-11-20(28)22-17-9-16(18(25)10-19(17)26-23(22)30)14-2-4-15(5-3-14)24(12-29)6-7-24/h2-5,8-10,29H,6-7,11-12H2,1H3,(H,26,30)/b22-20-. The number of fused-ring (bicyclic) bond motifs is 1. The number of aryl methyl sites for hydroxylation is 1. The van der Waals surface area contributed by atoms with Gasteiger partial charge < -0.3 is 19.8 Å². The van der Waals surface area contributed by atoms with Crippen LogP contribution >= 0.6 is 0 Å². The number of rotatable bonds is 4. The molecule has 0 bridgehead atoms. The first-order valence-electron chi connectivity index (χ1n) is 10.3. The summed E-state index contributed by atoms with van der Waals surface area (Å²) in [5.74, 6) is -0.0359. The van der Waals surface area contributed by atoms with E-state index in [1.165, 1.54) is 6.07 Å². The Morgan fingerprint density at radius 2 is 1.97 bits per heavy atom. The third kappa shape index (κ3) is 2.80. The fourth-order valence-electron chi connectivity index (χ4n) is 4.41. The lowest BCUT2D eigenvalue weighted by Gasteiger charge is -2.13. The summed E-state index contributed by atoms with van der Waals surface area (Å²) < 4.78 is 20.2. The summed E-state index contributed by atoms with van der Waals surface area (Å²) in [4.78, 5) is 14.5. The first kappa shape index (κ1) is 18.3. The van der Waals surface area contributed by atoms with Crippen molar-refractivity contribution in [3.05, 3.63) is 70.8 Å². The molecule has 1 aromatic heterocycles. The van der Waals surface area contributed by atoms with Crippen LogP contribution in [-0.2, 0) is 10.2 Å². The number of nitrogens with one attached hydrogen (secondary N) is 1. The molecule has 2 N–H and O–H groups in total. The lowest BCUT2D eigenvalue weighted by atomic mass is 9.93. The Labute approximate surface area is 178 Å². The van der Waals surface area contributed by atoms with E-state index in [0.29, 0.717) is 34.8 Å². The van der Waals surface area contributed by atoms with Gasteiger partial charge in [0.05, 0.1) is 35.8 Å². The van der Waals surface area contributed by atoms with E-state index in [1.807, 2.05) is 42.2 Å². The van der Waals surface area contributed by atoms with E-state index in [0.717, 1.165) is 35.4 Å². The van der Waals surface area contributed by atoms with Gasteiger partial charge in [-0.15, -0.1) is 0 Å². The van der Waals surface area contributed by atoms with Gasteiger partial charge in [-0.1, -0.05) is 29.4 Å². The maximum atomic E-state index is 14.9. The molecule has 1 saturated heterocycles. The molecule has 3 aromatic rings. The van der Waals surface area contributed by atoms with Crippen LogP contribution in [0.4, 0.5) is 16.0 Å². The molecule has 3 aliphatic rings. The van der Waals surface area contributed by atoms with Crippen LogP contribution in [0.2, 0.25) is 0 Å². The van der Waals surface area contributed by atoms with Crippen molar-refractivity contribution in [1.82, 2.24) is 5.16 Å². The van der Waals surface area contributed by atoms with Crippen LogP contribution in [0.15, 0.2) is 52.7 Å². The second kappa shape index (κ2) is 6.28. The Kier molecular flexibility index (Phi) is 3.71. The van der Waals surface area contributed by atoms with Crippen LogP contribution in [-0.4, -0.2) is 29.3 Å². The number of hydrogen-bond donors (Lipinski definition) is 2. The second-order valence-electron chi connectivity index (χ2n) is 8.56. The number of anilines is 2. The van der Waals surface area contributed by atoms with Crippen molar-refractivity contribution in [1.29, 1.82) is 0 Å². The molecule has 1 saturated carbocycles. The van der Waals surface area contributed by atoms with E-state index in [4.69, 9.17) is 4.52 Å². The van der Waals surface area contributed by atoms with Crippen molar-refractivity contribution in [2.24, 2.45) is 0 Å². The van der Waals surface area contributed by atoms with Gasteiger partial charge in [0, 0.05) is 22.6 Å². The molecule has 1 amide bonds. The SMILES string of the molecule is Cc1cc(N2C/C2=C2/C(=O)Nc3cc(F)c(-c4ccc(C5(CO)CC5)cc4)cc32)on1. The molecule has 0 spiro atoms. The number of aromatic nitrogens is 1. The summed E-state index contributed by atoms with van der Waals surface area (Å²) in [6.07, 6.45) is 1.95. The number of carbonyl (C=O) groups excluding carboxylic acids is 1. The molecule has 0 radical (unpaired) electrons. The topological polar surface area (TPSA) is 78.4 Å². The predicted octanol–water partition coefficient (Wildman–Crippen LogP) is 4.00. The fourth-order valence-corrected chi connectivity index (χ4v) is 4.41. The third-order valence-electron chi connectivity index (χ3n) is 6.52. The van der Waals surface area contributed by atoms with E-state index in [9.17, 15) is 14.3 Å². The van der Waals surface area contributed by atoms with Crippen LogP contribution in [0.1, 0.15) is 29.7 Å². The van der Waals surface area contributed by atoms with Crippen molar-refractivity contribution in [2.75, 3.05) is 23.4 Å². The fraction of sp³-hybridized carbons (Fsp3) is 0.250. The van der Waals surface area contributed by atoms with Crippen LogP contribution in [0.25, 0.3) is 16.7 Å². The second-order valence-corrected chi connectivity index (χ2v) is 8.56. The summed E-state index contributed by atoms with van der Waals surface area (Å²) in [5, 5.41) is 16.3. The highest BCUT2D eigenvalue weighted by atomic mass is 19.1. The Balaban J connectivity index is 1.38. The summed E-state index contributed by atoms with van der Waals surface area (Å²) in [5.41, 5.74) is 5.43. The first-order valence-corrected chi connectivity index (χ1v) is 10.3. The van der Waals surface area contributed by atoms with Gasteiger partial charge in [0.1, 0.15) is 5.82 Å². The molecule has 7 heteroatoms. The molecule has 2 aliphatic heterocycles. The Bertz CT molecular complexity index is 1270. The van der Waals surface area contributed by atoms with Gasteiger partial charge >= 0.3 is 0 Å². The highest BCUT2D eigenvalue weighted by Gasteiger charge is 2.43. The summed E-state index contributed by atoms with van der Waals surface area (Å²) >= 11 is 0. The molecular weight excluding hydrogens is 397 g/mol. The monoisotopic (exact) mass is 417 g/mol. The van der Waals surface area contributed by atoms with Gasteiger partial charge in [0.2, 0.25) is 5.88 Å². The normalized spacial score (nSPS) is 20.6. The van der Waals surface area contributed by atoms with Gasteiger partial charge in [0.15, 0.2) is 0 Å². The summed E-state index contributed by atoms with van der Waals surface area (Å²) in [6, 6.07) is 12.6. The molecule has 156 valence electrons. The zero-order chi connectivity index (χ0) is 21.3. The largest absolute Gasteiger partial charge is 0.395 e. The number of aliphatic hydroxyl groups is 1. The van der Waals surface area contributed by atoms with Gasteiger partial charge in [-0.05, 0) is 43.0 Å². The third-order valence-corrected chi connectivity index (χ3v) is 6.52. The minimum Gasteiger partial charge on any atom is -0.395 e. The zero-order valence-corrected chi connectivity index (χ0v) is 16.9. The molecule has 6 nitrogen and oxygen atoms in total. The number of nitrogens with zero attached hydrogens (tertiary/aromatic N) is 2. The highest BCUT2D eigenvalue weighted by Crippen LogP contribution is 2.48. The van der Waals surface area contributed by atoms with Crippen molar-refractivity contribution >= 4 is 23.1 Å². The van der Waals surface area contributed by atoms with Crippen LogP contribution in [0, 0.1) is 12.7 Å². The number of benzene rings is 2. The van der Waals surface area contributed by atoms with Crippen LogP contribution < -0.4 is 10.2 Å². The Morgan fingerprint density at radius 3 is 2.61 bits per heavy atom. The van der Waals surface area contributed by atoms with Gasteiger partial charge in [0.25, 0.3) is 5.91 Å². The van der Waals surface area contributed by atoms with Gasteiger partial charge in [-0.3, -0.25) is 4.79 Å². The van der Waals surface area contributed by atoms with E-state index in [2.05, 4.69) is 10.5 Å². The first-order chi connectivity index (χ1) is 15.0. The van der Waals surface area contributed by atoms with Crippen molar-refractivity contribution < 1.29 is 18.8 Å². The van der Waals surface area contributed by atoms with E-state index in [1.54, 1.807) is 6.07 Å². The van der Waals surface area contributed by atoms with Crippen LogP contribution in [0.5, 0.6) is 0 Å². The zero-order valence-electron chi connectivity index (χ0n) is 16.9. The lowest BCUT2D eigenvalue weighted by molar-refractivity contribution is -0.110. The number of hydrogen-bond acceptors (Lipinski definition) is 5. The number of amides is 1. The van der Waals surface area contributed by atoms with Gasteiger partial charge in [-0.25, -0.2) is 4.39 Å². The molecular formula is C24H20FN3O3. The quantitative estimate of drug-likeness (QED) is 0.496. The van der Waals surface area contributed by atoms with E-state index < -0.39 is 0 Å². The highest BCUT2D eigenvalue weighted by molar-refractivity contribution is 6.33. The average Bonchev–Trinajstić information content (AvgIpc) is 3.66. The predicted molar refractivity (Wildman–Crippen MR) is 114 cm³/mol. The number of halogens is 1. The molecule has 0 unspecified atom stereocenters. The minimum absolute atomic E-state index is 0.128. The van der Waals surface area contributed by atoms with E-state index >= 15 is 0 Å². The lowest BCUT2D eigenvalue weighted by Crippen LogP contribution is -2.11. The van der Waals surface area contributed by atoms with Crippen molar-refractivity contribution in [2.45, 2.75) is 25.2 Å². The Morgan fingerprint density at radius 1 is 1.19 bits per heavy atom. The maximum Gasteiger partial charge on any atom is 0.258 e. The summed E-state index contributed by atoms with van der Waals surface area (Å²) in [6.45, 7) is 2.54. The van der Waals surface area contributed by atoms with Crippen molar-refractivity contribution in [3.8, 4) is 11.1 Å². The van der Waals surface area contributed by atoms with Crippen LogP contribution in [0.3, 0.4) is 0 Å². The molecule has 3 heterocycles. The molecule has 1 aliphatic carbocycles. The smallest absolute Gasteiger partial charge is 0.258 e. The minimum atomic E-state index is -0.389. The molecule has 31 heavy (non-hydrogen) atoms. The van der Waals surface area contributed by atoms with E-state index in [-0.39, 0.29) is 23.7 Å². The number of carbonyl (C=O) groups is 1. The molecule has 2 aromatic carbocycles. The maximum absolute atomic E-state index is 14.9. The van der Waals surface area contributed by atoms with Crippen molar-refractivity contribution in [3.63, 3.8) is 0 Å². The molecule has 6 rings (SSSR count). The summed E-state index contributed by atoms with van der Waals surface area (Å²) in [7, 11) is 0. The molecule has 2 fully saturated rings.